The molecule has 1 aromatic rings. The van der Waals surface area contributed by atoms with Crippen LogP contribution >= 0.6 is 58.0 Å². The molecule has 5 nitrogen and oxygen atoms in total. The first-order valence-corrected chi connectivity index (χ1v) is 8.14. The molecule has 0 bridgehead atoms. The summed E-state index contributed by atoms with van der Waals surface area (Å²) in [6.07, 6.45) is -0.973. The summed E-state index contributed by atoms with van der Waals surface area (Å²) < 4.78 is 5.06. The van der Waals surface area contributed by atoms with Crippen molar-refractivity contribution >= 4 is 70.1 Å². The first kappa shape index (κ1) is 19.5. The van der Waals surface area contributed by atoms with E-state index in [-0.39, 0.29) is 45.7 Å². The summed E-state index contributed by atoms with van der Waals surface area (Å²) in [6.45, 7) is 0.131. The Morgan fingerprint density at radius 2 is 1.68 bits per heavy atom. The van der Waals surface area contributed by atoms with E-state index in [1.54, 1.807) is 0 Å². The second kappa shape index (κ2) is 9.53. The van der Waals surface area contributed by atoms with E-state index < -0.39 is 12.1 Å². The summed E-state index contributed by atoms with van der Waals surface area (Å²) in [5, 5.41) is 2.79. The number of carbonyl (C=O) groups excluding carboxylic acids is 2. The smallest absolute Gasteiger partial charge is 0.407 e. The van der Waals surface area contributed by atoms with Gasteiger partial charge in [0.05, 0.1) is 10.0 Å². The second-order valence-electron chi connectivity index (χ2n) is 3.83. The Balaban J connectivity index is 2.90. The standard InChI is InChI=1S/C12H11Cl5N2O3/c13-1-3-18-11(20)19(4-2-14)12(21)22-10-8(16)5-7(15)6-9(10)17/h5-6H,1-4H2,(H,18,20). The number of alkyl halides is 2. The van der Waals surface area contributed by atoms with Gasteiger partial charge in [-0.1, -0.05) is 34.8 Å². The van der Waals surface area contributed by atoms with Gasteiger partial charge in [-0.2, -0.15) is 0 Å². The van der Waals surface area contributed by atoms with Crippen LogP contribution in [0.5, 0.6) is 5.75 Å². The number of hydrogen-bond donors (Lipinski definition) is 1. The van der Waals surface area contributed by atoms with Gasteiger partial charge in [-0.3, -0.25) is 0 Å². The molecule has 0 atom stereocenters. The topological polar surface area (TPSA) is 58.6 Å². The molecule has 10 heteroatoms. The molecule has 0 saturated carbocycles. The number of ether oxygens (including phenoxy) is 1. The summed E-state index contributed by atoms with van der Waals surface area (Å²) in [5.41, 5.74) is 0. The van der Waals surface area contributed by atoms with E-state index in [9.17, 15) is 9.59 Å². The molecule has 0 fully saturated rings. The first-order valence-electron chi connectivity index (χ1n) is 5.94. The summed E-state index contributed by atoms with van der Waals surface area (Å²) in [4.78, 5) is 24.7. The number of imide groups is 1. The van der Waals surface area contributed by atoms with Crippen LogP contribution in [0.4, 0.5) is 9.59 Å². The largest absolute Gasteiger partial charge is 0.423 e. The van der Waals surface area contributed by atoms with Gasteiger partial charge in [0.1, 0.15) is 0 Å². The maximum absolute atomic E-state index is 12.1. The van der Waals surface area contributed by atoms with E-state index in [1.807, 2.05) is 0 Å². The van der Waals surface area contributed by atoms with Gasteiger partial charge in [-0.05, 0) is 12.1 Å². The molecule has 1 rings (SSSR count). The van der Waals surface area contributed by atoms with Crippen LogP contribution in [-0.2, 0) is 0 Å². The normalized spacial score (nSPS) is 10.2. The highest BCUT2D eigenvalue weighted by Gasteiger charge is 2.24. The fraction of sp³-hybridized carbons (Fsp3) is 0.333. The third-order valence-corrected chi connectivity index (χ3v) is 3.43. The summed E-state index contributed by atoms with van der Waals surface area (Å²) >= 11 is 28.6. The van der Waals surface area contributed by atoms with Crippen LogP contribution in [0.2, 0.25) is 15.1 Å². The molecule has 22 heavy (non-hydrogen) atoms. The molecule has 122 valence electrons. The molecule has 0 aliphatic carbocycles. The van der Waals surface area contributed by atoms with Crippen molar-refractivity contribution in [2.24, 2.45) is 0 Å². The zero-order valence-corrected chi connectivity index (χ0v) is 14.8. The molecule has 3 amide bonds. The van der Waals surface area contributed by atoms with Gasteiger partial charge in [0, 0.05) is 29.9 Å². The third-order valence-electron chi connectivity index (χ3n) is 2.30. The number of amides is 3. The third kappa shape index (κ3) is 5.56. The summed E-state index contributed by atoms with van der Waals surface area (Å²) in [7, 11) is 0. The molecule has 0 saturated heterocycles. The van der Waals surface area contributed by atoms with E-state index >= 15 is 0 Å². The Morgan fingerprint density at radius 3 is 2.18 bits per heavy atom. The Labute approximate surface area is 152 Å². The molecule has 0 unspecified atom stereocenters. The number of benzene rings is 1. The van der Waals surface area contributed by atoms with Crippen LogP contribution in [0.3, 0.4) is 0 Å². The fourth-order valence-corrected chi connectivity index (χ4v) is 2.54. The highest BCUT2D eigenvalue weighted by Crippen LogP contribution is 2.36. The molecule has 0 aliphatic heterocycles. The van der Waals surface area contributed by atoms with Gasteiger partial charge in [0.15, 0.2) is 5.75 Å². The van der Waals surface area contributed by atoms with Crippen molar-refractivity contribution in [3.8, 4) is 5.75 Å². The molecule has 1 aromatic carbocycles. The molecule has 0 radical (unpaired) electrons. The minimum absolute atomic E-state index is 0.0332. The van der Waals surface area contributed by atoms with Crippen molar-refractivity contribution in [3.63, 3.8) is 0 Å². The van der Waals surface area contributed by atoms with Gasteiger partial charge < -0.3 is 10.1 Å². The maximum atomic E-state index is 12.1. The average molecular weight is 408 g/mol. The van der Waals surface area contributed by atoms with Gasteiger partial charge >= 0.3 is 12.1 Å². The van der Waals surface area contributed by atoms with Gasteiger partial charge in [-0.15, -0.1) is 23.2 Å². The van der Waals surface area contributed by atoms with E-state index in [2.05, 4.69) is 5.32 Å². The van der Waals surface area contributed by atoms with Crippen LogP contribution < -0.4 is 10.1 Å². The van der Waals surface area contributed by atoms with Crippen LogP contribution in [-0.4, -0.2) is 41.9 Å². The highest BCUT2D eigenvalue weighted by molar-refractivity contribution is 6.40. The fourth-order valence-electron chi connectivity index (χ4n) is 1.38. The molecule has 0 aliphatic rings. The number of carbonyl (C=O) groups is 2. The van der Waals surface area contributed by atoms with Crippen LogP contribution in [0.15, 0.2) is 12.1 Å². The zero-order chi connectivity index (χ0) is 16.7. The monoisotopic (exact) mass is 406 g/mol. The van der Waals surface area contributed by atoms with Crippen LogP contribution in [0, 0.1) is 0 Å². The summed E-state index contributed by atoms with van der Waals surface area (Å²) in [5.74, 6) is 0.137. The van der Waals surface area contributed by atoms with Gasteiger partial charge in [-0.25, -0.2) is 14.5 Å². The van der Waals surface area contributed by atoms with Gasteiger partial charge in [0.25, 0.3) is 0 Å². The molecule has 0 spiro atoms. The quantitative estimate of drug-likeness (QED) is 0.723. The van der Waals surface area contributed by atoms with Gasteiger partial charge in [0.2, 0.25) is 0 Å². The lowest BCUT2D eigenvalue weighted by atomic mass is 10.3. The number of hydrogen-bond acceptors (Lipinski definition) is 3. The minimum atomic E-state index is -0.973. The Kier molecular flexibility index (Phi) is 8.43. The Bertz CT molecular complexity index is 533. The predicted octanol–water partition coefficient (Wildman–Crippen LogP) is 4.63. The van der Waals surface area contributed by atoms with Crippen molar-refractivity contribution in [2.75, 3.05) is 24.8 Å². The SMILES string of the molecule is O=C(NCCCl)N(CCCl)C(=O)Oc1c(Cl)cc(Cl)cc1Cl. The van der Waals surface area contributed by atoms with E-state index in [0.29, 0.717) is 0 Å². The van der Waals surface area contributed by atoms with Crippen LogP contribution in [0.1, 0.15) is 0 Å². The number of urea groups is 1. The Hall–Kier alpha value is -0.590. The minimum Gasteiger partial charge on any atom is -0.407 e. The second-order valence-corrected chi connectivity index (χ2v) is 5.83. The Morgan fingerprint density at radius 1 is 1.09 bits per heavy atom. The van der Waals surface area contributed by atoms with Crippen molar-refractivity contribution < 1.29 is 14.3 Å². The number of nitrogens with one attached hydrogen (secondary N) is 1. The summed E-state index contributed by atoms with van der Waals surface area (Å²) in [6, 6.07) is 2.03. The number of halogens is 5. The lowest BCUT2D eigenvalue weighted by Gasteiger charge is -2.20. The maximum Gasteiger partial charge on any atom is 0.423 e. The number of nitrogens with zero attached hydrogens (tertiary/aromatic N) is 1. The van der Waals surface area contributed by atoms with E-state index in [4.69, 9.17) is 62.7 Å². The number of rotatable bonds is 5. The highest BCUT2D eigenvalue weighted by atomic mass is 35.5. The van der Waals surface area contributed by atoms with Crippen molar-refractivity contribution in [3.05, 3.63) is 27.2 Å². The first-order chi connectivity index (χ1) is 10.4. The zero-order valence-electron chi connectivity index (χ0n) is 11.0. The van der Waals surface area contributed by atoms with E-state index in [0.717, 1.165) is 4.90 Å². The molecule has 0 heterocycles. The molecular weight excluding hydrogens is 397 g/mol. The average Bonchev–Trinajstić information content (AvgIpc) is 2.45. The van der Waals surface area contributed by atoms with Crippen molar-refractivity contribution in [2.45, 2.75) is 0 Å². The molecular formula is C12H11Cl5N2O3. The lowest BCUT2D eigenvalue weighted by molar-refractivity contribution is 0.156. The van der Waals surface area contributed by atoms with E-state index in [1.165, 1.54) is 12.1 Å². The molecule has 1 N–H and O–H groups in total. The predicted molar refractivity (Wildman–Crippen MR) is 89.0 cm³/mol. The lowest BCUT2D eigenvalue weighted by Crippen LogP contribution is -2.46. The molecule has 0 aromatic heterocycles. The van der Waals surface area contributed by atoms with Crippen molar-refractivity contribution in [1.29, 1.82) is 0 Å². The van der Waals surface area contributed by atoms with Crippen LogP contribution in [0.25, 0.3) is 0 Å². The van der Waals surface area contributed by atoms with Crippen molar-refractivity contribution in [1.82, 2.24) is 10.2 Å².